The summed E-state index contributed by atoms with van der Waals surface area (Å²) in [4.78, 5) is 10.9. The second-order valence-electron chi connectivity index (χ2n) is 5.65. The third kappa shape index (κ3) is 4.50. The molecular weight excluding hydrogens is 411 g/mol. The van der Waals surface area contributed by atoms with Gasteiger partial charge in [-0.1, -0.05) is 35.3 Å². The Balaban J connectivity index is 1.87. The van der Waals surface area contributed by atoms with E-state index in [1.807, 2.05) is 0 Å². The second kappa shape index (κ2) is 7.72. The lowest BCUT2D eigenvalue weighted by molar-refractivity contribution is -0.138. The van der Waals surface area contributed by atoms with Gasteiger partial charge < -0.3 is 4.74 Å². The van der Waals surface area contributed by atoms with E-state index in [0.29, 0.717) is 16.1 Å². The Kier molecular flexibility index (Phi) is 5.55. The van der Waals surface area contributed by atoms with Crippen LogP contribution in [0.2, 0.25) is 10.2 Å². The molecule has 0 aliphatic heterocycles. The summed E-state index contributed by atoms with van der Waals surface area (Å²) in [7, 11) is -3.72. The van der Waals surface area contributed by atoms with Gasteiger partial charge in [0.15, 0.2) is 11.1 Å². The zero-order valence-corrected chi connectivity index (χ0v) is 16.4. The topological polar surface area (TPSA) is 78.3 Å². The van der Waals surface area contributed by atoms with E-state index in [2.05, 4.69) is 9.84 Å². The fraction of sp³-hybridized carbons (Fsp3) is 0.111. The number of sulfone groups is 1. The van der Waals surface area contributed by atoms with Crippen molar-refractivity contribution in [2.45, 2.75) is 11.8 Å². The van der Waals surface area contributed by atoms with Crippen LogP contribution in [0.4, 0.5) is 0 Å². The van der Waals surface area contributed by atoms with Gasteiger partial charge in [-0.3, -0.25) is 4.79 Å². The van der Waals surface area contributed by atoms with Crippen LogP contribution in [0.3, 0.4) is 0 Å². The van der Waals surface area contributed by atoms with E-state index in [4.69, 9.17) is 23.2 Å². The maximum Gasteiger partial charge on any atom is 0.303 e. The standard InChI is InChI=1S/C18H14Cl2N2O4S/c1-12(23)26-11-27(24,25)16-8-2-13(3-9-16)17-10-22(21-18(17)20)15-6-4-14(19)5-7-15/h2-10H,11H2,1H3. The average molecular weight is 425 g/mol. The van der Waals surface area contributed by atoms with Crippen molar-refractivity contribution in [3.05, 3.63) is 64.9 Å². The minimum atomic E-state index is -3.72. The fourth-order valence-electron chi connectivity index (χ4n) is 2.34. The molecule has 0 radical (unpaired) electrons. The van der Waals surface area contributed by atoms with Gasteiger partial charge in [0.25, 0.3) is 0 Å². The molecule has 0 amide bonds. The maximum atomic E-state index is 12.1. The molecule has 0 bridgehead atoms. The molecule has 3 aromatic rings. The molecule has 0 N–H and O–H groups in total. The molecule has 0 saturated heterocycles. The monoisotopic (exact) mass is 424 g/mol. The summed E-state index contributed by atoms with van der Waals surface area (Å²) in [6, 6.07) is 13.2. The zero-order valence-electron chi connectivity index (χ0n) is 14.1. The minimum Gasteiger partial charge on any atom is -0.449 e. The smallest absolute Gasteiger partial charge is 0.303 e. The molecule has 1 aromatic heterocycles. The van der Waals surface area contributed by atoms with E-state index in [1.165, 1.54) is 12.1 Å². The molecule has 0 saturated carbocycles. The number of halogens is 2. The predicted molar refractivity (Wildman–Crippen MR) is 103 cm³/mol. The molecule has 0 fully saturated rings. The number of aromatic nitrogens is 2. The number of nitrogens with zero attached hydrogens (tertiary/aromatic N) is 2. The van der Waals surface area contributed by atoms with Gasteiger partial charge in [-0.25, -0.2) is 13.1 Å². The molecule has 1 heterocycles. The Morgan fingerprint density at radius 3 is 2.30 bits per heavy atom. The molecule has 0 spiro atoms. The van der Waals surface area contributed by atoms with Crippen molar-refractivity contribution in [2.24, 2.45) is 0 Å². The van der Waals surface area contributed by atoms with Crippen molar-refractivity contribution in [3.63, 3.8) is 0 Å². The molecule has 0 atom stereocenters. The molecule has 0 unspecified atom stereocenters. The Bertz CT molecular complexity index is 1080. The number of hydrogen-bond donors (Lipinski definition) is 0. The number of esters is 1. The van der Waals surface area contributed by atoms with Crippen LogP contribution in [0.15, 0.2) is 59.6 Å². The van der Waals surface area contributed by atoms with Crippen LogP contribution in [0.1, 0.15) is 6.92 Å². The van der Waals surface area contributed by atoms with Gasteiger partial charge in [0.1, 0.15) is 0 Å². The first-order chi connectivity index (χ1) is 12.8. The second-order valence-corrected chi connectivity index (χ2v) is 8.38. The summed E-state index contributed by atoms with van der Waals surface area (Å²) < 4.78 is 30.5. The number of carbonyl (C=O) groups excluding carboxylic acids is 1. The van der Waals surface area contributed by atoms with Crippen molar-refractivity contribution >= 4 is 39.0 Å². The third-order valence-electron chi connectivity index (χ3n) is 3.70. The minimum absolute atomic E-state index is 0.0497. The highest BCUT2D eigenvalue weighted by atomic mass is 35.5. The fourth-order valence-corrected chi connectivity index (χ4v) is 3.72. The molecule has 0 aliphatic carbocycles. The normalized spacial score (nSPS) is 11.4. The summed E-state index contributed by atoms with van der Waals surface area (Å²) in [5.74, 6) is -1.35. The van der Waals surface area contributed by atoms with E-state index < -0.39 is 21.7 Å². The van der Waals surface area contributed by atoms with Crippen molar-refractivity contribution in [1.29, 1.82) is 0 Å². The van der Waals surface area contributed by atoms with Crippen LogP contribution in [-0.4, -0.2) is 30.1 Å². The molecule has 3 rings (SSSR count). The van der Waals surface area contributed by atoms with E-state index in [-0.39, 0.29) is 10.0 Å². The van der Waals surface area contributed by atoms with Crippen LogP contribution in [0, 0.1) is 0 Å². The number of ether oxygens (including phenoxy) is 1. The zero-order chi connectivity index (χ0) is 19.6. The van der Waals surface area contributed by atoms with Crippen LogP contribution >= 0.6 is 23.2 Å². The number of hydrogen-bond acceptors (Lipinski definition) is 5. The van der Waals surface area contributed by atoms with Crippen LogP contribution in [-0.2, 0) is 19.4 Å². The lowest BCUT2D eigenvalue weighted by Gasteiger charge is -2.05. The molecule has 0 aliphatic rings. The highest BCUT2D eigenvalue weighted by Crippen LogP contribution is 2.29. The summed E-state index contributed by atoms with van der Waals surface area (Å²) in [6.45, 7) is 1.15. The largest absolute Gasteiger partial charge is 0.449 e. The van der Waals surface area contributed by atoms with Crippen LogP contribution in [0.25, 0.3) is 16.8 Å². The van der Waals surface area contributed by atoms with Gasteiger partial charge in [0.2, 0.25) is 9.84 Å². The number of benzene rings is 2. The lowest BCUT2D eigenvalue weighted by atomic mass is 10.1. The van der Waals surface area contributed by atoms with E-state index in [0.717, 1.165) is 12.6 Å². The Labute approximate surface area is 166 Å². The number of carbonyl (C=O) groups is 1. The molecule has 140 valence electrons. The molecule has 9 heteroatoms. The van der Waals surface area contributed by atoms with E-state index in [9.17, 15) is 13.2 Å². The van der Waals surface area contributed by atoms with Gasteiger partial charge in [-0.15, -0.1) is 0 Å². The van der Waals surface area contributed by atoms with Gasteiger partial charge in [-0.05, 0) is 42.0 Å². The van der Waals surface area contributed by atoms with Gasteiger partial charge in [-0.2, -0.15) is 5.10 Å². The Morgan fingerprint density at radius 2 is 1.70 bits per heavy atom. The first-order valence-corrected chi connectivity index (χ1v) is 10.1. The summed E-state index contributed by atoms with van der Waals surface area (Å²) in [5.41, 5.74) is 2.13. The molecular formula is C18H14Cl2N2O4S. The average Bonchev–Trinajstić information content (AvgIpc) is 3.02. The highest BCUT2D eigenvalue weighted by molar-refractivity contribution is 7.91. The molecule has 6 nitrogen and oxygen atoms in total. The third-order valence-corrected chi connectivity index (χ3v) is 5.65. The summed E-state index contributed by atoms with van der Waals surface area (Å²) in [5, 5.41) is 5.16. The van der Waals surface area contributed by atoms with Gasteiger partial charge in [0, 0.05) is 23.7 Å². The van der Waals surface area contributed by atoms with Gasteiger partial charge >= 0.3 is 5.97 Å². The SMILES string of the molecule is CC(=O)OCS(=O)(=O)c1ccc(-c2cn(-c3ccc(Cl)cc3)nc2Cl)cc1. The summed E-state index contributed by atoms with van der Waals surface area (Å²) >= 11 is 12.1. The first kappa shape index (κ1) is 19.4. The van der Waals surface area contributed by atoms with Crippen molar-refractivity contribution in [2.75, 3.05) is 5.94 Å². The van der Waals surface area contributed by atoms with Gasteiger partial charge in [0.05, 0.1) is 10.6 Å². The van der Waals surface area contributed by atoms with Crippen molar-refractivity contribution in [3.8, 4) is 16.8 Å². The van der Waals surface area contributed by atoms with Crippen LogP contribution in [0.5, 0.6) is 0 Å². The maximum absolute atomic E-state index is 12.1. The Hall–Kier alpha value is -2.35. The Morgan fingerprint density at radius 1 is 1.07 bits per heavy atom. The summed E-state index contributed by atoms with van der Waals surface area (Å²) in [6.07, 6.45) is 1.74. The van der Waals surface area contributed by atoms with E-state index >= 15 is 0 Å². The van der Waals surface area contributed by atoms with Crippen molar-refractivity contribution in [1.82, 2.24) is 9.78 Å². The first-order valence-electron chi connectivity index (χ1n) is 7.74. The van der Waals surface area contributed by atoms with E-state index in [1.54, 1.807) is 47.3 Å². The molecule has 27 heavy (non-hydrogen) atoms. The molecule has 2 aromatic carbocycles. The number of rotatable bonds is 5. The predicted octanol–water partition coefficient (Wildman–Crippen LogP) is 4.14. The highest BCUT2D eigenvalue weighted by Gasteiger charge is 2.17. The quantitative estimate of drug-likeness (QED) is 0.575. The van der Waals surface area contributed by atoms with Crippen LogP contribution < -0.4 is 0 Å². The van der Waals surface area contributed by atoms with Crippen molar-refractivity contribution < 1.29 is 17.9 Å². The lowest BCUT2D eigenvalue weighted by Crippen LogP contribution is -2.12.